The van der Waals surface area contributed by atoms with Gasteiger partial charge in [-0.25, -0.2) is 9.67 Å². The molecule has 0 aliphatic carbocycles. The molecule has 0 aliphatic heterocycles. The molecule has 0 atom stereocenters. The predicted octanol–water partition coefficient (Wildman–Crippen LogP) is 7.24. The number of aliphatic imine (C=N–C) groups is 1. The van der Waals surface area contributed by atoms with Crippen molar-refractivity contribution in [1.29, 1.82) is 5.26 Å². The molecule has 0 N–H and O–H groups in total. The average Bonchev–Trinajstić information content (AvgIpc) is 2.94. The first-order valence-electron chi connectivity index (χ1n) is 7.66. The fourth-order valence-electron chi connectivity index (χ4n) is 2.38. The molecule has 0 amide bonds. The van der Waals surface area contributed by atoms with E-state index in [1.807, 2.05) is 6.07 Å². The fraction of sp³-hybridized carbons (Fsp3) is 0.0556. The van der Waals surface area contributed by atoms with Crippen molar-refractivity contribution in [1.82, 2.24) is 9.78 Å². The third kappa shape index (κ3) is 4.59. The maximum absolute atomic E-state index is 13.0. The van der Waals surface area contributed by atoms with Crippen molar-refractivity contribution in [3.05, 3.63) is 72.8 Å². The van der Waals surface area contributed by atoms with Gasteiger partial charge in [0.2, 0.25) is 0 Å². The van der Waals surface area contributed by atoms with Crippen LogP contribution in [0.1, 0.15) is 16.8 Å². The molecule has 148 valence electrons. The molecule has 2 aromatic carbocycles. The maximum Gasteiger partial charge on any atom is 0.416 e. The lowest BCUT2D eigenvalue weighted by Crippen LogP contribution is -2.07. The second-order valence-electron chi connectivity index (χ2n) is 5.61. The van der Waals surface area contributed by atoms with Gasteiger partial charge in [-0.2, -0.15) is 23.5 Å². The van der Waals surface area contributed by atoms with Gasteiger partial charge in [-0.15, -0.1) is 0 Å². The summed E-state index contributed by atoms with van der Waals surface area (Å²) in [6.07, 6.45) is -3.18. The van der Waals surface area contributed by atoms with Crippen molar-refractivity contribution in [3.8, 4) is 11.8 Å². The van der Waals surface area contributed by atoms with Crippen LogP contribution in [-0.4, -0.2) is 16.0 Å². The first-order valence-corrected chi connectivity index (χ1v) is 9.59. The van der Waals surface area contributed by atoms with Crippen LogP contribution in [0.25, 0.3) is 5.69 Å². The number of nitriles is 1. The Labute approximate surface area is 186 Å². The van der Waals surface area contributed by atoms with Crippen molar-refractivity contribution in [2.75, 3.05) is 0 Å². The molecule has 0 unspecified atom stereocenters. The smallest absolute Gasteiger partial charge is 0.235 e. The van der Waals surface area contributed by atoms with Crippen LogP contribution in [-0.2, 0) is 6.18 Å². The van der Waals surface area contributed by atoms with Crippen molar-refractivity contribution < 1.29 is 13.2 Å². The van der Waals surface area contributed by atoms with Crippen molar-refractivity contribution in [2.45, 2.75) is 6.18 Å². The molecule has 0 bridgehead atoms. The van der Waals surface area contributed by atoms with E-state index in [1.54, 1.807) is 24.3 Å². The molecule has 0 aliphatic rings. The predicted molar refractivity (Wildman–Crippen MR) is 110 cm³/mol. The van der Waals surface area contributed by atoms with E-state index in [2.05, 4.69) is 26.0 Å². The summed E-state index contributed by atoms with van der Waals surface area (Å²) in [5.74, 6) is -0.00764. The van der Waals surface area contributed by atoms with Gasteiger partial charge in [0, 0.05) is 10.7 Å². The Hall–Kier alpha value is -2.05. The number of aromatic nitrogens is 2. The Morgan fingerprint density at radius 3 is 2.34 bits per heavy atom. The molecule has 0 saturated heterocycles. The second kappa shape index (κ2) is 8.36. The zero-order valence-corrected chi connectivity index (χ0v) is 17.8. The van der Waals surface area contributed by atoms with Gasteiger partial charge < -0.3 is 0 Å². The number of nitrogens with zero attached hydrogens (tertiary/aromatic N) is 4. The van der Waals surface area contributed by atoms with Crippen LogP contribution in [0.5, 0.6) is 0 Å². The van der Waals surface area contributed by atoms with E-state index in [4.69, 9.17) is 34.8 Å². The SMILES string of the molecule is N#Cc1nn(-c2c(Cl)cc(C(F)(F)F)cc2Cl)c(/N=C/c2cccc(Br)c2)c1Cl. The Kier molecular flexibility index (Phi) is 6.24. The maximum atomic E-state index is 13.0. The van der Waals surface area contributed by atoms with Gasteiger partial charge in [0.15, 0.2) is 11.5 Å². The zero-order valence-electron chi connectivity index (χ0n) is 14.0. The van der Waals surface area contributed by atoms with Gasteiger partial charge in [-0.1, -0.05) is 62.9 Å². The molecule has 29 heavy (non-hydrogen) atoms. The van der Waals surface area contributed by atoms with Gasteiger partial charge in [-0.05, 0) is 29.8 Å². The fourth-order valence-corrected chi connectivity index (χ4v) is 3.66. The van der Waals surface area contributed by atoms with Crippen LogP contribution in [0.4, 0.5) is 19.0 Å². The molecule has 0 spiro atoms. The quantitative estimate of drug-likeness (QED) is 0.341. The van der Waals surface area contributed by atoms with Gasteiger partial charge in [0.05, 0.1) is 15.6 Å². The number of benzene rings is 2. The summed E-state index contributed by atoms with van der Waals surface area (Å²) in [6, 6.07) is 10.4. The van der Waals surface area contributed by atoms with E-state index < -0.39 is 11.7 Å². The highest BCUT2D eigenvalue weighted by Gasteiger charge is 2.33. The highest BCUT2D eigenvalue weighted by molar-refractivity contribution is 9.10. The lowest BCUT2D eigenvalue weighted by molar-refractivity contribution is -0.137. The van der Waals surface area contributed by atoms with Gasteiger partial charge in [-0.3, -0.25) is 0 Å². The first-order chi connectivity index (χ1) is 13.6. The second-order valence-corrected chi connectivity index (χ2v) is 7.72. The van der Waals surface area contributed by atoms with Crippen LogP contribution in [0.15, 0.2) is 45.9 Å². The summed E-state index contributed by atoms with van der Waals surface area (Å²) in [6.45, 7) is 0. The Morgan fingerprint density at radius 2 is 1.79 bits per heavy atom. The van der Waals surface area contributed by atoms with Crippen LogP contribution in [0.2, 0.25) is 15.1 Å². The molecule has 1 aromatic heterocycles. The third-order valence-electron chi connectivity index (χ3n) is 3.65. The van der Waals surface area contributed by atoms with Gasteiger partial charge >= 0.3 is 6.18 Å². The normalized spacial score (nSPS) is 11.8. The first kappa shape index (κ1) is 21.7. The van der Waals surface area contributed by atoms with E-state index in [0.29, 0.717) is 17.7 Å². The minimum absolute atomic E-state index is 0.00764. The lowest BCUT2D eigenvalue weighted by atomic mass is 10.2. The number of alkyl halides is 3. The molecular formula is C18H7BrCl3F3N4. The summed E-state index contributed by atoms with van der Waals surface area (Å²) in [7, 11) is 0. The van der Waals surface area contributed by atoms with Crippen LogP contribution >= 0.6 is 50.7 Å². The molecule has 0 fully saturated rings. The molecular weight excluding hydrogens is 515 g/mol. The summed E-state index contributed by atoms with van der Waals surface area (Å²) in [5, 5.41) is 12.5. The molecule has 0 saturated carbocycles. The van der Waals surface area contributed by atoms with E-state index in [9.17, 15) is 18.4 Å². The van der Waals surface area contributed by atoms with E-state index >= 15 is 0 Å². The minimum Gasteiger partial charge on any atom is -0.235 e. The number of hydrogen-bond donors (Lipinski definition) is 0. The monoisotopic (exact) mass is 520 g/mol. The molecule has 0 radical (unpaired) electrons. The van der Waals surface area contributed by atoms with Gasteiger partial charge in [0.1, 0.15) is 16.8 Å². The number of halogens is 7. The highest BCUT2D eigenvalue weighted by Crippen LogP contribution is 2.40. The van der Waals surface area contributed by atoms with Crippen LogP contribution in [0, 0.1) is 11.3 Å². The summed E-state index contributed by atoms with van der Waals surface area (Å²) < 4.78 is 40.8. The summed E-state index contributed by atoms with van der Waals surface area (Å²) >= 11 is 21.6. The zero-order chi connectivity index (χ0) is 21.3. The Bertz CT molecular complexity index is 1140. The number of hydrogen-bond acceptors (Lipinski definition) is 3. The van der Waals surface area contributed by atoms with Gasteiger partial charge in [0.25, 0.3) is 0 Å². The van der Waals surface area contributed by atoms with E-state index in [1.165, 1.54) is 6.21 Å². The number of rotatable bonds is 3. The molecule has 3 aromatic rings. The van der Waals surface area contributed by atoms with E-state index in [-0.39, 0.29) is 32.3 Å². The largest absolute Gasteiger partial charge is 0.416 e. The lowest BCUT2D eigenvalue weighted by Gasteiger charge is -2.13. The Balaban J connectivity index is 2.18. The molecule has 1 heterocycles. The topological polar surface area (TPSA) is 54.0 Å². The standard InChI is InChI=1S/C18H7BrCl3F3N4/c19-11-3-1-2-9(4-11)8-27-17-15(22)14(7-26)28-29(17)16-12(20)5-10(6-13(16)21)18(23,24)25/h1-6,8H/b27-8+. The summed E-state index contributed by atoms with van der Waals surface area (Å²) in [4.78, 5) is 4.25. The van der Waals surface area contributed by atoms with Crippen LogP contribution in [0.3, 0.4) is 0 Å². The van der Waals surface area contributed by atoms with Crippen molar-refractivity contribution in [3.63, 3.8) is 0 Å². The molecule has 4 nitrogen and oxygen atoms in total. The summed E-state index contributed by atoms with van der Waals surface area (Å²) in [5.41, 5.74) is -0.577. The van der Waals surface area contributed by atoms with E-state index in [0.717, 1.165) is 9.15 Å². The van der Waals surface area contributed by atoms with Crippen molar-refractivity contribution in [2.24, 2.45) is 4.99 Å². The average molecular weight is 523 g/mol. The molecule has 3 rings (SSSR count). The Morgan fingerprint density at radius 1 is 1.14 bits per heavy atom. The third-order valence-corrected chi connectivity index (χ3v) is 5.07. The molecule has 11 heteroatoms. The van der Waals surface area contributed by atoms with Crippen molar-refractivity contribution >= 4 is 62.8 Å². The minimum atomic E-state index is -4.63. The highest BCUT2D eigenvalue weighted by atomic mass is 79.9. The van der Waals surface area contributed by atoms with Crippen LogP contribution < -0.4 is 0 Å².